The first kappa shape index (κ1) is 21.2. The molecule has 30 heavy (non-hydrogen) atoms. The average molecular weight is 397 g/mol. The van der Waals surface area contributed by atoms with E-state index in [0.29, 0.717) is 0 Å². The van der Waals surface area contributed by atoms with Gasteiger partial charge in [0.05, 0.1) is 0 Å². The highest BCUT2D eigenvalue weighted by molar-refractivity contribution is 5.33. The van der Waals surface area contributed by atoms with Crippen LogP contribution in [-0.2, 0) is 12.8 Å². The van der Waals surface area contributed by atoms with Gasteiger partial charge in [-0.05, 0) is 73.2 Å². The van der Waals surface area contributed by atoms with E-state index < -0.39 is 0 Å². The Balaban J connectivity index is 0.000000171. The maximum atomic E-state index is 9.13. The Labute approximate surface area is 179 Å². The summed E-state index contributed by atoms with van der Waals surface area (Å²) >= 11 is 0. The van der Waals surface area contributed by atoms with Crippen LogP contribution in [0.25, 0.3) is 0 Å². The second-order valence-electron chi connectivity index (χ2n) is 7.66. The molecule has 0 saturated heterocycles. The van der Waals surface area contributed by atoms with Crippen molar-refractivity contribution in [3.05, 3.63) is 130 Å². The molecule has 0 radical (unpaired) electrons. The van der Waals surface area contributed by atoms with Gasteiger partial charge in [0.25, 0.3) is 0 Å². The summed E-state index contributed by atoms with van der Waals surface area (Å²) in [4.78, 5) is 0. The predicted octanol–water partition coefficient (Wildman–Crippen LogP) is 6.58. The smallest absolute Gasteiger partial charge is 0.115 e. The molecule has 0 spiro atoms. The number of aromatic hydroxyl groups is 2. The van der Waals surface area contributed by atoms with Crippen molar-refractivity contribution in [3.63, 3.8) is 0 Å². The largest absolute Gasteiger partial charge is 0.508 e. The molecule has 0 aliphatic rings. The third-order valence-electron chi connectivity index (χ3n) is 4.93. The lowest BCUT2D eigenvalue weighted by atomic mass is 10.0. The van der Waals surface area contributed by atoms with Crippen LogP contribution in [0.2, 0.25) is 0 Å². The molecule has 0 aliphatic heterocycles. The number of hydrogen-bond acceptors (Lipinski definition) is 2. The van der Waals surface area contributed by atoms with Gasteiger partial charge in [-0.15, -0.1) is 0 Å². The molecule has 4 aromatic rings. The molecule has 2 nitrogen and oxygen atoms in total. The van der Waals surface area contributed by atoms with Crippen molar-refractivity contribution in [1.82, 2.24) is 0 Å². The SMILES string of the molecule is Cc1ccc(Cc2ccc(C)cc2)cc1.Oc1ccc(Cc2ccc(O)cc2)cc1. The van der Waals surface area contributed by atoms with E-state index >= 15 is 0 Å². The highest BCUT2D eigenvalue weighted by Gasteiger charge is 1.97. The minimum absolute atomic E-state index is 0.282. The lowest BCUT2D eigenvalue weighted by Crippen LogP contribution is -1.88. The van der Waals surface area contributed by atoms with Crippen LogP contribution in [0.1, 0.15) is 33.4 Å². The van der Waals surface area contributed by atoms with E-state index in [9.17, 15) is 0 Å². The van der Waals surface area contributed by atoms with Crippen molar-refractivity contribution in [2.75, 3.05) is 0 Å². The van der Waals surface area contributed by atoms with E-state index in [2.05, 4.69) is 62.4 Å². The van der Waals surface area contributed by atoms with Crippen LogP contribution in [0.3, 0.4) is 0 Å². The Morgan fingerprint density at radius 2 is 0.633 bits per heavy atom. The van der Waals surface area contributed by atoms with Gasteiger partial charge in [0.15, 0.2) is 0 Å². The van der Waals surface area contributed by atoms with Gasteiger partial charge >= 0.3 is 0 Å². The van der Waals surface area contributed by atoms with Gasteiger partial charge in [0, 0.05) is 0 Å². The normalized spacial score (nSPS) is 10.2. The number of phenolic OH excluding ortho intramolecular Hbond substituents is 2. The summed E-state index contributed by atoms with van der Waals surface area (Å²) in [6.07, 6.45) is 1.83. The van der Waals surface area contributed by atoms with Crippen LogP contribution in [0.5, 0.6) is 11.5 Å². The number of rotatable bonds is 4. The molecular weight excluding hydrogens is 368 g/mol. The minimum Gasteiger partial charge on any atom is -0.508 e. The van der Waals surface area contributed by atoms with E-state index in [-0.39, 0.29) is 11.5 Å². The summed E-state index contributed by atoms with van der Waals surface area (Å²) in [6, 6.07) is 31.8. The van der Waals surface area contributed by atoms with Gasteiger partial charge in [-0.1, -0.05) is 83.9 Å². The molecule has 0 fully saturated rings. The molecule has 0 aromatic heterocycles. The summed E-state index contributed by atoms with van der Waals surface area (Å²) in [5, 5.41) is 18.3. The van der Waals surface area contributed by atoms with Crippen LogP contribution in [0.4, 0.5) is 0 Å². The average Bonchev–Trinajstić information content (AvgIpc) is 2.75. The Kier molecular flexibility index (Phi) is 7.29. The lowest BCUT2D eigenvalue weighted by molar-refractivity contribution is 0.475. The maximum absolute atomic E-state index is 9.13. The first-order chi connectivity index (χ1) is 14.5. The van der Waals surface area contributed by atoms with Crippen LogP contribution in [-0.4, -0.2) is 10.2 Å². The number of phenols is 2. The van der Waals surface area contributed by atoms with Crippen LogP contribution in [0, 0.1) is 13.8 Å². The molecule has 2 heteroatoms. The van der Waals surface area contributed by atoms with Gasteiger partial charge in [0.2, 0.25) is 0 Å². The van der Waals surface area contributed by atoms with Gasteiger partial charge in [-0.2, -0.15) is 0 Å². The standard InChI is InChI=1S/C15H16.C13H12O2/c1-12-3-7-14(8-4-12)11-15-9-5-13(2)6-10-15;14-12-5-1-10(2-6-12)9-11-3-7-13(15)8-4-11/h3-10H,11H2,1-2H3;1-8,14-15H,9H2. The number of benzene rings is 4. The van der Waals surface area contributed by atoms with Gasteiger partial charge in [-0.3, -0.25) is 0 Å². The Hall–Kier alpha value is -3.52. The van der Waals surface area contributed by atoms with E-state index in [0.717, 1.165) is 24.0 Å². The second kappa shape index (κ2) is 10.3. The first-order valence-electron chi connectivity index (χ1n) is 10.1. The predicted molar refractivity (Wildman–Crippen MR) is 124 cm³/mol. The highest BCUT2D eigenvalue weighted by Crippen LogP contribution is 2.16. The fourth-order valence-corrected chi connectivity index (χ4v) is 3.11. The third-order valence-corrected chi connectivity index (χ3v) is 4.93. The molecule has 4 rings (SSSR count). The molecule has 0 unspecified atom stereocenters. The fraction of sp³-hybridized carbons (Fsp3) is 0.143. The van der Waals surface area contributed by atoms with Crippen LogP contribution in [0.15, 0.2) is 97.1 Å². The highest BCUT2D eigenvalue weighted by atomic mass is 16.3. The maximum Gasteiger partial charge on any atom is 0.115 e. The zero-order chi connectivity index (χ0) is 21.3. The van der Waals surface area contributed by atoms with Crippen molar-refractivity contribution in [2.24, 2.45) is 0 Å². The molecule has 0 amide bonds. The van der Waals surface area contributed by atoms with Crippen molar-refractivity contribution in [1.29, 1.82) is 0 Å². The summed E-state index contributed by atoms with van der Waals surface area (Å²) in [5.41, 5.74) is 7.68. The summed E-state index contributed by atoms with van der Waals surface area (Å²) in [5.74, 6) is 0.564. The van der Waals surface area contributed by atoms with Crippen molar-refractivity contribution in [2.45, 2.75) is 26.7 Å². The van der Waals surface area contributed by atoms with E-state index in [1.54, 1.807) is 24.3 Å². The topological polar surface area (TPSA) is 40.5 Å². The second-order valence-corrected chi connectivity index (χ2v) is 7.66. The third kappa shape index (κ3) is 6.82. The van der Waals surface area contributed by atoms with E-state index in [1.165, 1.54) is 22.3 Å². The fourth-order valence-electron chi connectivity index (χ4n) is 3.11. The molecule has 4 aromatic carbocycles. The Bertz CT molecular complexity index is 854. The van der Waals surface area contributed by atoms with Gasteiger partial charge in [-0.25, -0.2) is 0 Å². The van der Waals surface area contributed by atoms with Crippen LogP contribution >= 0.6 is 0 Å². The Morgan fingerprint density at radius 3 is 0.900 bits per heavy atom. The van der Waals surface area contributed by atoms with E-state index in [1.807, 2.05) is 24.3 Å². The monoisotopic (exact) mass is 396 g/mol. The quantitative estimate of drug-likeness (QED) is 0.409. The molecule has 2 N–H and O–H groups in total. The minimum atomic E-state index is 0.282. The van der Waals surface area contributed by atoms with Crippen molar-refractivity contribution < 1.29 is 10.2 Å². The molecular formula is C28H28O2. The summed E-state index contributed by atoms with van der Waals surface area (Å²) in [6.45, 7) is 4.24. The zero-order valence-corrected chi connectivity index (χ0v) is 17.5. The Morgan fingerprint density at radius 1 is 0.400 bits per heavy atom. The summed E-state index contributed by atoms with van der Waals surface area (Å²) in [7, 11) is 0. The molecule has 0 atom stereocenters. The number of hydrogen-bond donors (Lipinski definition) is 2. The molecule has 0 aliphatic carbocycles. The van der Waals surface area contributed by atoms with Gasteiger partial charge in [0.1, 0.15) is 11.5 Å². The van der Waals surface area contributed by atoms with Crippen molar-refractivity contribution >= 4 is 0 Å². The van der Waals surface area contributed by atoms with Crippen molar-refractivity contribution in [3.8, 4) is 11.5 Å². The van der Waals surface area contributed by atoms with E-state index in [4.69, 9.17) is 10.2 Å². The molecule has 0 saturated carbocycles. The molecule has 152 valence electrons. The first-order valence-corrected chi connectivity index (χ1v) is 10.1. The van der Waals surface area contributed by atoms with Gasteiger partial charge < -0.3 is 10.2 Å². The lowest BCUT2D eigenvalue weighted by Gasteiger charge is -2.03. The molecule has 0 bridgehead atoms. The van der Waals surface area contributed by atoms with Crippen LogP contribution < -0.4 is 0 Å². The summed E-state index contributed by atoms with van der Waals surface area (Å²) < 4.78 is 0. The number of aryl methyl sites for hydroxylation is 2. The molecule has 0 heterocycles. The zero-order valence-electron chi connectivity index (χ0n) is 17.5.